The highest BCUT2D eigenvalue weighted by atomic mass is 31.3. The van der Waals surface area contributed by atoms with Crippen LogP contribution >= 0.6 is 23.5 Å². The highest BCUT2D eigenvalue weighted by Gasteiger charge is 2.46. The van der Waals surface area contributed by atoms with E-state index in [2.05, 4.69) is 8.62 Å². The number of phosphoric ester groups is 1. The molecule has 0 aliphatic carbocycles. The topological polar surface area (TPSA) is 253 Å². The van der Waals surface area contributed by atoms with Crippen LogP contribution in [0, 0.1) is 0 Å². The molecule has 1 aromatic rings. The Morgan fingerprint density at radius 1 is 1.19 bits per heavy atom. The molecule has 2 rings (SSSR count). The summed E-state index contributed by atoms with van der Waals surface area (Å²) in [5.74, 6) is 0. The highest BCUT2D eigenvalue weighted by molar-refractivity contribution is 7.66. The van der Waals surface area contributed by atoms with Crippen molar-refractivity contribution in [1.29, 1.82) is 0 Å². The smallest absolute Gasteiger partial charge is 0.391 e. The van der Waals surface area contributed by atoms with E-state index >= 15 is 0 Å². The maximum absolute atomic E-state index is 12.1. The normalized spacial score (nSPS) is 26.4. The summed E-state index contributed by atoms with van der Waals surface area (Å²) in [4.78, 5) is 61.4. The lowest BCUT2D eigenvalue weighted by atomic mass is 10.2. The molecule has 0 aromatic carbocycles. The SMILES string of the molecule is CC(O)COC[C@H]1O[C@@H](n2ccc(=O)[nH]c2=O)C[C@@H]1OP(=O)(O)OP(=O)(O)OP(=O)(O)O. The fraction of sp³-hybridized carbons (Fsp3) is 0.667. The largest absolute Gasteiger partial charge is 0.490 e. The number of aliphatic hydroxyl groups excluding tert-OH is 1. The first kappa shape index (κ1) is 27.2. The van der Waals surface area contributed by atoms with Gasteiger partial charge in [-0.2, -0.15) is 8.62 Å². The molecule has 0 bridgehead atoms. The Morgan fingerprint density at radius 3 is 2.41 bits per heavy atom. The summed E-state index contributed by atoms with van der Waals surface area (Å²) in [6.45, 7) is 0.923. The van der Waals surface area contributed by atoms with Gasteiger partial charge < -0.3 is 34.2 Å². The van der Waals surface area contributed by atoms with Crippen LogP contribution in [0.15, 0.2) is 21.9 Å². The molecule has 0 saturated carbocycles. The van der Waals surface area contributed by atoms with E-state index in [0.29, 0.717) is 0 Å². The van der Waals surface area contributed by atoms with E-state index in [1.807, 2.05) is 4.98 Å². The zero-order valence-corrected chi connectivity index (χ0v) is 18.9. The van der Waals surface area contributed by atoms with Crippen molar-refractivity contribution in [3.8, 4) is 0 Å². The molecular formula is C12H21N2O15P3. The van der Waals surface area contributed by atoms with Gasteiger partial charge in [-0.3, -0.25) is 18.9 Å². The number of aromatic amines is 1. The minimum Gasteiger partial charge on any atom is -0.391 e. The highest BCUT2D eigenvalue weighted by Crippen LogP contribution is 2.67. The van der Waals surface area contributed by atoms with Gasteiger partial charge in [0.25, 0.3) is 5.56 Å². The number of nitrogens with zero attached hydrogens (tertiary/aromatic N) is 1. The third-order valence-corrected chi connectivity index (χ3v) is 7.53. The van der Waals surface area contributed by atoms with E-state index in [0.717, 1.165) is 16.8 Å². The van der Waals surface area contributed by atoms with Gasteiger partial charge in [0.2, 0.25) is 0 Å². The fourth-order valence-electron chi connectivity index (χ4n) is 2.61. The fourth-order valence-corrected chi connectivity index (χ4v) is 5.83. The maximum Gasteiger partial charge on any atom is 0.490 e. The molecule has 3 unspecified atom stereocenters. The van der Waals surface area contributed by atoms with E-state index in [1.165, 1.54) is 6.92 Å². The minimum atomic E-state index is -5.73. The molecule has 17 nitrogen and oxygen atoms in total. The van der Waals surface area contributed by atoms with Gasteiger partial charge in [-0.25, -0.2) is 18.5 Å². The number of aliphatic hydroxyl groups is 1. The van der Waals surface area contributed by atoms with Gasteiger partial charge >= 0.3 is 29.2 Å². The quantitative estimate of drug-likeness (QED) is 0.188. The van der Waals surface area contributed by atoms with E-state index in [-0.39, 0.29) is 19.6 Å². The molecule has 6 N–H and O–H groups in total. The van der Waals surface area contributed by atoms with Crippen molar-refractivity contribution in [3.63, 3.8) is 0 Å². The number of ether oxygens (including phenoxy) is 2. The van der Waals surface area contributed by atoms with Gasteiger partial charge in [-0.05, 0) is 6.92 Å². The van der Waals surface area contributed by atoms with Crippen LogP contribution in [0.4, 0.5) is 0 Å². The number of phosphoric acid groups is 3. The van der Waals surface area contributed by atoms with Crippen molar-refractivity contribution in [2.24, 2.45) is 0 Å². The van der Waals surface area contributed by atoms with Gasteiger partial charge in [0, 0.05) is 18.7 Å². The van der Waals surface area contributed by atoms with Crippen LogP contribution in [-0.4, -0.2) is 65.8 Å². The van der Waals surface area contributed by atoms with Crippen molar-refractivity contribution in [2.75, 3.05) is 13.2 Å². The number of aromatic nitrogens is 2. The number of hydrogen-bond donors (Lipinski definition) is 6. The van der Waals surface area contributed by atoms with Crippen molar-refractivity contribution < 1.29 is 61.0 Å². The molecule has 1 aliphatic rings. The van der Waals surface area contributed by atoms with Gasteiger partial charge in [0.1, 0.15) is 18.4 Å². The Labute approximate surface area is 179 Å². The van der Waals surface area contributed by atoms with E-state index in [4.69, 9.17) is 23.8 Å². The first-order valence-corrected chi connectivity index (χ1v) is 13.1. The second-order valence-electron chi connectivity index (χ2n) is 6.50. The molecule has 1 saturated heterocycles. The Hall–Kier alpha value is -1.03. The molecule has 0 radical (unpaired) electrons. The monoisotopic (exact) mass is 526 g/mol. The van der Waals surface area contributed by atoms with Gasteiger partial charge in [0.15, 0.2) is 0 Å². The van der Waals surface area contributed by atoms with Crippen LogP contribution in [-0.2, 0) is 36.3 Å². The standard InChI is InChI=1S/C12H21N2O15P3/c1-7(15)5-25-6-9-8(4-11(26-9)14-3-2-10(16)13-12(14)17)27-31(21,22)29-32(23,24)28-30(18,19)20/h2-3,7-9,11,15H,4-6H2,1H3,(H,21,22)(H,23,24)(H,13,16,17)(H2,18,19,20)/t7?,8-,9+,11+/m0/s1. The summed E-state index contributed by atoms with van der Waals surface area (Å²) in [5.41, 5.74) is -1.56. The Kier molecular flexibility index (Phi) is 8.92. The minimum absolute atomic E-state index is 0.162. The molecular weight excluding hydrogens is 505 g/mol. The average Bonchev–Trinajstić information content (AvgIpc) is 2.92. The molecule has 6 atom stereocenters. The summed E-state index contributed by atoms with van der Waals surface area (Å²) in [7, 11) is -16.8. The van der Waals surface area contributed by atoms with Crippen molar-refractivity contribution in [1.82, 2.24) is 9.55 Å². The third kappa shape index (κ3) is 8.72. The summed E-state index contributed by atoms with van der Waals surface area (Å²) in [6.07, 6.45) is -3.84. The third-order valence-electron chi connectivity index (χ3n) is 3.67. The molecule has 0 spiro atoms. The number of hydrogen-bond acceptors (Lipinski definition) is 11. The maximum atomic E-state index is 12.1. The van der Waals surface area contributed by atoms with Crippen LogP contribution in [0.3, 0.4) is 0 Å². The molecule has 1 aliphatic heterocycles. The predicted molar refractivity (Wildman–Crippen MR) is 101 cm³/mol. The van der Waals surface area contributed by atoms with Crippen LogP contribution < -0.4 is 11.2 Å². The number of nitrogens with one attached hydrogen (secondary N) is 1. The lowest BCUT2D eigenvalue weighted by Crippen LogP contribution is -2.32. The second kappa shape index (κ2) is 10.5. The predicted octanol–water partition coefficient (Wildman–Crippen LogP) is -1.07. The van der Waals surface area contributed by atoms with E-state index < -0.39 is 59.3 Å². The first-order valence-electron chi connectivity index (χ1n) is 8.62. The van der Waals surface area contributed by atoms with Gasteiger partial charge in [0.05, 0.1) is 19.3 Å². The summed E-state index contributed by atoms with van der Waals surface area (Å²) < 4.78 is 58.2. The molecule has 0 amide bonds. The van der Waals surface area contributed by atoms with Crippen molar-refractivity contribution in [2.45, 2.75) is 37.9 Å². The lowest BCUT2D eigenvalue weighted by Gasteiger charge is -2.22. The summed E-state index contributed by atoms with van der Waals surface area (Å²) in [5, 5.41) is 9.27. The lowest BCUT2D eigenvalue weighted by molar-refractivity contribution is -0.0724. The van der Waals surface area contributed by atoms with Crippen LogP contribution in [0.2, 0.25) is 0 Å². The molecule has 20 heteroatoms. The molecule has 2 heterocycles. The Bertz CT molecular complexity index is 1050. The van der Waals surface area contributed by atoms with Gasteiger partial charge in [-0.15, -0.1) is 0 Å². The van der Waals surface area contributed by atoms with Crippen LogP contribution in [0.25, 0.3) is 0 Å². The number of H-pyrrole nitrogens is 1. The van der Waals surface area contributed by atoms with Crippen molar-refractivity contribution >= 4 is 23.5 Å². The molecule has 1 aromatic heterocycles. The van der Waals surface area contributed by atoms with Gasteiger partial charge in [-0.1, -0.05) is 0 Å². The second-order valence-corrected chi connectivity index (χ2v) is 10.9. The van der Waals surface area contributed by atoms with E-state index in [1.54, 1.807) is 0 Å². The Balaban J connectivity index is 2.19. The van der Waals surface area contributed by atoms with Crippen molar-refractivity contribution in [3.05, 3.63) is 33.1 Å². The first-order chi connectivity index (χ1) is 14.6. The molecule has 32 heavy (non-hydrogen) atoms. The zero-order valence-electron chi connectivity index (χ0n) is 16.2. The van der Waals surface area contributed by atoms with Crippen LogP contribution in [0.5, 0.6) is 0 Å². The molecule has 184 valence electrons. The average molecular weight is 526 g/mol. The Morgan fingerprint density at radius 2 is 1.84 bits per heavy atom. The zero-order chi connectivity index (χ0) is 24.3. The summed E-state index contributed by atoms with van der Waals surface area (Å²) >= 11 is 0. The number of rotatable bonds is 11. The van der Waals surface area contributed by atoms with E-state index in [9.17, 15) is 38.2 Å². The summed E-state index contributed by atoms with van der Waals surface area (Å²) in [6, 6.07) is 1.01. The van der Waals surface area contributed by atoms with Crippen LogP contribution in [0.1, 0.15) is 19.6 Å². The molecule has 1 fully saturated rings.